The molecule has 0 aliphatic heterocycles. The van der Waals surface area contributed by atoms with E-state index in [1.54, 1.807) is 31.5 Å². The summed E-state index contributed by atoms with van der Waals surface area (Å²) in [6.07, 6.45) is 7.47. The fraction of sp³-hybridized carbons (Fsp3) is 0.321. The molecule has 0 saturated heterocycles. The molecule has 1 heterocycles. The summed E-state index contributed by atoms with van der Waals surface area (Å²) in [6.45, 7) is 9.22. The first kappa shape index (κ1) is 23.5. The van der Waals surface area contributed by atoms with E-state index in [9.17, 15) is 4.39 Å². The van der Waals surface area contributed by atoms with Crippen LogP contribution in [0.4, 0.5) is 4.39 Å². The van der Waals surface area contributed by atoms with Crippen molar-refractivity contribution in [2.24, 2.45) is 0 Å². The Kier molecular flexibility index (Phi) is 7.68. The summed E-state index contributed by atoms with van der Waals surface area (Å²) in [5, 5.41) is 0. The monoisotopic (exact) mass is 433 g/mol. The van der Waals surface area contributed by atoms with E-state index in [0.29, 0.717) is 18.1 Å². The Morgan fingerprint density at radius 3 is 2.44 bits per heavy atom. The highest BCUT2D eigenvalue weighted by atomic mass is 19.1. The van der Waals surface area contributed by atoms with Gasteiger partial charge in [-0.05, 0) is 47.7 Å². The molecule has 1 aromatic heterocycles. The van der Waals surface area contributed by atoms with Crippen molar-refractivity contribution < 1.29 is 13.9 Å². The lowest BCUT2D eigenvalue weighted by Crippen LogP contribution is -2.14. The zero-order valence-electron chi connectivity index (χ0n) is 19.6. The van der Waals surface area contributed by atoms with Crippen LogP contribution < -0.4 is 9.47 Å². The van der Waals surface area contributed by atoms with Crippen LogP contribution in [0, 0.1) is 5.82 Å². The Morgan fingerprint density at radius 2 is 1.75 bits per heavy atom. The molecule has 0 aliphatic rings. The van der Waals surface area contributed by atoms with Crippen molar-refractivity contribution in [2.45, 2.75) is 46.0 Å². The van der Waals surface area contributed by atoms with Gasteiger partial charge in [0.1, 0.15) is 11.6 Å². The number of hydrogen-bond acceptors (Lipinski definition) is 3. The van der Waals surface area contributed by atoms with E-state index in [1.165, 1.54) is 6.07 Å². The Bertz CT molecular complexity index is 1080. The Morgan fingerprint density at radius 1 is 1.00 bits per heavy atom. The number of pyridine rings is 1. The molecule has 0 fully saturated rings. The second-order valence-electron chi connectivity index (χ2n) is 8.81. The highest BCUT2D eigenvalue weighted by Gasteiger charge is 2.23. The summed E-state index contributed by atoms with van der Waals surface area (Å²) in [5.41, 5.74) is 4.23. The summed E-state index contributed by atoms with van der Waals surface area (Å²) < 4.78 is 26.0. The molecule has 0 aliphatic carbocycles. The quantitative estimate of drug-likeness (QED) is 0.271. The van der Waals surface area contributed by atoms with E-state index < -0.39 is 0 Å². The van der Waals surface area contributed by atoms with Gasteiger partial charge in [0.25, 0.3) is 0 Å². The van der Waals surface area contributed by atoms with E-state index in [-0.39, 0.29) is 11.2 Å². The predicted octanol–water partition coefficient (Wildman–Crippen LogP) is 7.54. The van der Waals surface area contributed by atoms with Gasteiger partial charge in [0.2, 0.25) is 5.88 Å². The summed E-state index contributed by atoms with van der Waals surface area (Å²) in [7, 11) is 1.67. The highest BCUT2D eigenvalue weighted by molar-refractivity contribution is 5.80. The molecule has 0 atom stereocenters. The van der Waals surface area contributed by atoms with Gasteiger partial charge in [-0.3, -0.25) is 0 Å². The van der Waals surface area contributed by atoms with Crippen LogP contribution in [0.5, 0.6) is 11.6 Å². The zero-order valence-corrected chi connectivity index (χ0v) is 19.6. The van der Waals surface area contributed by atoms with Gasteiger partial charge in [0.05, 0.1) is 13.7 Å². The second-order valence-corrected chi connectivity index (χ2v) is 8.81. The van der Waals surface area contributed by atoms with Crippen molar-refractivity contribution in [2.75, 3.05) is 13.7 Å². The van der Waals surface area contributed by atoms with Gasteiger partial charge >= 0.3 is 0 Å². The smallest absolute Gasteiger partial charge is 0.221 e. The van der Waals surface area contributed by atoms with E-state index >= 15 is 0 Å². The molecule has 3 nitrogen and oxygen atoms in total. The maximum atomic E-state index is 14.2. The molecule has 2 aromatic carbocycles. The van der Waals surface area contributed by atoms with Crippen molar-refractivity contribution in [3.05, 3.63) is 77.2 Å². The number of ether oxygens (including phenoxy) is 2. The Hall–Kier alpha value is -3.14. The molecular formula is C28H32FNO2. The second kappa shape index (κ2) is 10.4. The van der Waals surface area contributed by atoms with Crippen LogP contribution in [0.1, 0.15) is 57.2 Å². The molecule has 32 heavy (non-hydrogen) atoms. The van der Waals surface area contributed by atoms with Gasteiger partial charge < -0.3 is 9.47 Å². The molecule has 0 radical (unpaired) electrons. The highest BCUT2D eigenvalue weighted by Crippen LogP contribution is 2.40. The number of benzene rings is 2. The van der Waals surface area contributed by atoms with Crippen LogP contribution in [-0.4, -0.2) is 18.7 Å². The first-order valence-electron chi connectivity index (χ1n) is 11.1. The minimum absolute atomic E-state index is 0.159. The van der Waals surface area contributed by atoms with Gasteiger partial charge in [-0.1, -0.05) is 64.5 Å². The topological polar surface area (TPSA) is 31.4 Å². The van der Waals surface area contributed by atoms with Crippen molar-refractivity contribution in [3.63, 3.8) is 0 Å². The van der Waals surface area contributed by atoms with Gasteiger partial charge in [-0.2, -0.15) is 0 Å². The molecule has 0 bridgehead atoms. The SMILES string of the molecule is CCCCOc1ncccc1-c1cc(/C=C/c2ccccc2F)c(OC)c(C(C)(C)C)c1. The summed E-state index contributed by atoms with van der Waals surface area (Å²) in [4.78, 5) is 4.48. The molecule has 168 valence electrons. The lowest BCUT2D eigenvalue weighted by molar-refractivity contribution is 0.299. The van der Waals surface area contributed by atoms with Crippen molar-refractivity contribution in [1.29, 1.82) is 0 Å². The standard InChI is InChI=1S/C28H32FNO2/c1-6-7-17-32-27-23(12-10-16-30-27)22-18-21(15-14-20-11-8-9-13-25(20)29)26(31-5)24(19-22)28(2,3)4/h8-16,18-19H,6-7,17H2,1-5H3/b15-14+. The zero-order chi connectivity index (χ0) is 23.1. The van der Waals surface area contributed by atoms with Crippen molar-refractivity contribution >= 4 is 12.2 Å². The molecule has 0 spiro atoms. The number of methoxy groups -OCH3 is 1. The van der Waals surface area contributed by atoms with Crippen LogP contribution in [-0.2, 0) is 5.41 Å². The van der Waals surface area contributed by atoms with Gasteiger partial charge in [0.15, 0.2) is 0 Å². The van der Waals surface area contributed by atoms with E-state index in [2.05, 4.69) is 44.8 Å². The minimum atomic E-state index is -0.256. The largest absolute Gasteiger partial charge is 0.496 e. The van der Waals surface area contributed by atoms with Crippen LogP contribution in [0.2, 0.25) is 0 Å². The maximum Gasteiger partial charge on any atom is 0.221 e. The molecule has 0 N–H and O–H groups in total. The first-order valence-corrected chi connectivity index (χ1v) is 11.1. The first-order chi connectivity index (χ1) is 15.3. The molecule has 0 unspecified atom stereocenters. The van der Waals surface area contributed by atoms with E-state index in [4.69, 9.17) is 9.47 Å². The third-order valence-electron chi connectivity index (χ3n) is 5.30. The van der Waals surface area contributed by atoms with Crippen LogP contribution in [0.15, 0.2) is 54.7 Å². The number of halogens is 1. The third kappa shape index (κ3) is 5.56. The predicted molar refractivity (Wildman–Crippen MR) is 131 cm³/mol. The normalized spacial score (nSPS) is 11.7. The number of aromatic nitrogens is 1. The fourth-order valence-electron chi connectivity index (χ4n) is 3.54. The summed E-state index contributed by atoms with van der Waals surface area (Å²) in [6, 6.07) is 14.9. The lowest BCUT2D eigenvalue weighted by atomic mass is 9.83. The van der Waals surface area contributed by atoms with E-state index in [0.717, 1.165) is 40.8 Å². The average Bonchev–Trinajstić information content (AvgIpc) is 2.78. The number of unbranched alkanes of at least 4 members (excludes halogenated alkanes) is 1. The summed E-state index contributed by atoms with van der Waals surface area (Å²) in [5.74, 6) is 1.15. The van der Waals surface area contributed by atoms with Gasteiger partial charge in [-0.15, -0.1) is 0 Å². The third-order valence-corrected chi connectivity index (χ3v) is 5.30. The minimum Gasteiger partial charge on any atom is -0.496 e. The number of nitrogens with zero attached hydrogens (tertiary/aromatic N) is 1. The van der Waals surface area contributed by atoms with Crippen LogP contribution >= 0.6 is 0 Å². The summed E-state index contributed by atoms with van der Waals surface area (Å²) >= 11 is 0. The molecule has 0 amide bonds. The van der Waals surface area contributed by atoms with Crippen molar-refractivity contribution in [1.82, 2.24) is 4.98 Å². The molecule has 4 heteroatoms. The van der Waals surface area contributed by atoms with E-state index in [1.807, 2.05) is 24.3 Å². The molecule has 0 saturated carbocycles. The molecular weight excluding hydrogens is 401 g/mol. The molecule has 3 aromatic rings. The van der Waals surface area contributed by atoms with Gasteiger partial charge in [0, 0.05) is 28.5 Å². The average molecular weight is 434 g/mol. The van der Waals surface area contributed by atoms with Crippen LogP contribution in [0.3, 0.4) is 0 Å². The van der Waals surface area contributed by atoms with Crippen LogP contribution in [0.25, 0.3) is 23.3 Å². The number of rotatable bonds is 8. The maximum absolute atomic E-state index is 14.2. The lowest BCUT2D eigenvalue weighted by Gasteiger charge is -2.25. The molecule has 3 rings (SSSR count). The number of hydrogen-bond donors (Lipinski definition) is 0. The fourth-order valence-corrected chi connectivity index (χ4v) is 3.54. The Labute approximate surface area is 190 Å². The Balaban J connectivity index is 2.15. The van der Waals surface area contributed by atoms with Gasteiger partial charge in [-0.25, -0.2) is 9.37 Å². The van der Waals surface area contributed by atoms with Crippen molar-refractivity contribution in [3.8, 4) is 22.8 Å².